The highest BCUT2D eigenvalue weighted by molar-refractivity contribution is 7.10. The summed E-state index contributed by atoms with van der Waals surface area (Å²) >= 11 is 1.000. The number of aliphatic imine (C=N–C) groups is 1. The van der Waals surface area contributed by atoms with Crippen molar-refractivity contribution in [3.8, 4) is 17.3 Å². The molecule has 0 spiro atoms. The van der Waals surface area contributed by atoms with Gasteiger partial charge in [-0.25, -0.2) is 4.57 Å². The van der Waals surface area contributed by atoms with Gasteiger partial charge in [0, 0.05) is 17.4 Å². The average molecular weight is 364 g/mol. The van der Waals surface area contributed by atoms with Crippen LogP contribution < -0.4 is 9.61 Å². The number of thiazole rings is 1. The van der Waals surface area contributed by atoms with Gasteiger partial charge in [0.1, 0.15) is 5.75 Å². The predicted molar refractivity (Wildman–Crippen MR) is 105 cm³/mol. The molecular formula is C20H16N2O3S. The molecule has 0 saturated heterocycles. The number of benzene rings is 2. The van der Waals surface area contributed by atoms with E-state index in [0.29, 0.717) is 17.2 Å². The van der Waals surface area contributed by atoms with Gasteiger partial charge in [0.05, 0.1) is 22.9 Å². The van der Waals surface area contributed by atoms with Gasteiger partial charge >= 0.3 is 4.87 Å². The van der Waals surface area contributed by atoms with Crippen molar-refractivity contribution in [2.45, 2.75) is 6.92 Å². The molecule has 1 N–H and O–H groups in total. The number of para-hydroxylation sites is 1. The second-order valence-electron chi connectivity index (χ2n) is 5.69. The van der Waals surface area contributed by atoms with E-state index in [0.717, 1.165) is 33.9 Å². The summed E-state index contributed by atoms with van der Waals surface area (Å²) in [4.78, 5) is 17.0. The predicted octanol–water partition coefficient (Wildman–Crippen LogP) is 4.26. The Morgan fingerprint density at radius 1 is 1.19 bits per heavy atom. The number of aromatic nitrogens is 1. The monoisotopic (exact) mass is 364 g/mol. The lowest BCUT2D eigenvalue weighted by molar-refractivity contribution is 0.340. The first-order valence-corrected chi connectivity index (χ1v) is 9.02. The van der Waals surface area contributed by atoms with Crippen molar-refractivity contribution in [3.05, 3.63) is 68.6 Å². The number of ether oxygens (including phenoxy) is 1. The molecule has 5 nitrogen and oxygen atoms in total. The topological polar surface area (TPSA) is 63.8 Å². The van der Waals surface area contributed by atoms with Crippen LogP contribution in [0.3, 0.4) is 0 Å². The van der Waals surface area contributed by atoms with E-state index < -0.39 is 0 Å². The zero-order valence-electron chi connectivity index (χ0n) is 14.0. The summed E-state index contributed by atoms with van der Waals surface area (Å²) < 4.78 is 6.71. The Morgan fingerprint density at radius 3 is 2.73 bits per heavy atom. The van der Waals surface area contributed by atoms with Crippen LogP contribution in [0.5, 0.6) is 11.6 Å². The zero-order valence-corrected chi connectivity index (χ0v) is 14.9. The normalized spacial score (nSPS) is 14.0. The summed E-state index contributed by atoms with van der Waals surface area (Å²) in [5.74, 6) is 0.648. The molecule has 0 radical (unpaired) electrons. The average Bonchev–Trinajstić information content (AvgIpc) is 3.18. The Kier molecular flexibility index (Phi) is 4.18. The van der Waals surface area contributed by atoms with E-state index in [4.69, 9.17) is 4.74 Å². The molecule has 0 aliphatic carbocycles. The molecule has 0 fully saturated rings. The summed E-state index contributed by atoms with van der Waals surface area (Å²) in [5, 5.41) is 10.6. The Balaban J connectivity index is 1.73. The van der Waals surface area contributed by atoms with Crippen LogP contribution in [0.25, 0.3) is 17.3 Å². The van der Waals surface area contributed by atoms with Gasteiger partial charge in [0.25, 0.3) is 0 Å². The van der Waals surface area contributed by atoms with Crippen LogP contribution in [0.15, 0.2) is 58.3 Å². The van der Waals surface area contributed by atoms with E-state index >= 15 is 0 Å². The second kappa shape index (κ2) is 6.65. The Morgan fingerprint density at radius 2 is 1.96 bits per heavy atom. The first-order chi connectivity index (χ1) is 12.7. The molecule has 0 saturated carbocycles. The molecule has 6 heteroatoms. The van der Waals surface area contributed by atoms with Crippen LogP contribution in [-0.4, -0.2) is 22.5 Å². The number of fused-ring (bicyclic) bond motifs is 1. The number of hydrogen-bond acceptors (Lipinski definition) is 5. The van der Waals surface area contributed by atoms with Crippen LogP contribution in [-0.2, 0) is 0 Å². The van der Waals surface area contributed by atoms with Gasteiger partial charge in [0.2, 0.25) is 5.88 Å². The van der Waals surface area contributed by atoms with Gasteiger partial charge in [-0.05, 0) is 43.3 Å². The molecule has 0 unspecified atom stereocenters. The fourth-order valence-electron chi connectivity index (χ4n) is 2.86. The van der Waals surface area contributed by atoms with E-state index in [9.17, 15) is 9.90 Å². The highest BCUT2D eigenvalue weighted by Crippen LogP contribution is 2.34. The summed E-state index contributed by atoms with van der Waals surface area (Å²) in [7, 11) is 0. The van der Waals surface area contributed by atoms with Crippen LogP contribution in [0.4, 0.5) is 5.69 Å². The van der Waals surface area contributed by atoms with E-state index in [1.54, 1.807) is 36.6 Å². The number of allylic oxidation sites excluding steroid dienone is 1. The van der Waals surface area contributed by atoms with Crippen LogP contribution >= 0.6 is 11.3 Å². The minimum absolute atomic E-state index is 0.0746. The second-order valence-corrected chi connectivity index (χ2v) is 6.69. The van der Waals surface area contributed by atoms with E-state index in [1.807, 2.05) is 31.2 Å². The molecule has 2 aromatic carbocycles. The van der Waals surface area contributed by atoms with Gasteiger partial charge in [-0.2, -0.15) is 0 Å². The molecule has 1 aromatic heterocycles. The number of rotatable bonds is 4. The smallest absolute Gasteiger partial charge is 0.315 e. The molecule has 3 aromatic rings. The third-order valence-electron chi connectivity index (χ3n) is 4.06. The van der Waals surface area contributed by atoms with Crippen molar-refractivity contribution < 1.29 is 9.84 Å². The fraction of sp³-hybridized carbons (Fsp3) is 0.100. The fourth-order valence-corrected chi connectivity index (χ4v) is 3.70. The quantitative estimate of drug-likeness (QED) is 0.752. The Hall–Kier alpha value is -3.12. The summed E-state index contributed by atoms with van der Waals surface area (Å²) in [5.41, 5.74) is 3.34. The van der Waals surface area contributed by atoms with Gasteiger partial charge in [-0.15, -0.1) is 0 Å². The molecule has 1 aliphatic heterocycles. The third kappa shape index (κ3) is 2.84. The lowest BCUT2D eigenvalue weighted by atomic mass is 10.1. The lowest BCUT2D eigenvalue weighted by Gasteiger charge is -2.06. The highest BCUT2D eigenvalue weighted by Gasteiger charge is 2.17. The van der Waals surface area contributed by atoms with Gasteiger partial charge in [0.15, 0.2) is 0 Å². The molecule has 2 heterocycles. The van der Waals surface area contributed by atoms with Crippen molar-refractivity contribution >= 4 is 34.9 Å². The van der Waals surface area contributed by atoms with Crippen molar-refractivity contribution in [2.75, 3.05) is 6.61 Å². The van der Waals surface area contributed by atoms with Crippen LogP contribution in [0.2, 0.25) is 0 Å². The van der Waals surface area contributed by atoms with E-state index in [2.05, 4.69) is 4.99 Å². The zero-order chi connectivity index (χ0) is 18.1. The van der Waals surface area contributed by atoms with E-state index in [1.165, 1.54) is 4.57 Å². The number of nitrogens with zero attached hydrogens (tertiary/aromatic N) is 2. The first kappa shape index (κ1) is 16.4. The minimum Gasteiger partial charge on any atom is -0.494 e. The first-order valence-electron chi connectivity index (χ1n) is 8.20. The van der Waals surface area contributed by atoms with Gasteiger partial charge in [-0.1, -0.05) is 29.5 Å². The molecule has 26 heavy (non-hydrogen) atoms. The summed E-state index contributed by atoms with van der Waals surface area (Å²) in [6.07, 6.45) is 3.54. The minimum atomic E-state index is -0.248. The van der Waals surface area contributed by atoms with Crippen molar-refractivity contribution in [1.82, 2.24) is 4.57 Å². The van der Waals surface area contributed by atoms with Crippen molar-refractivity contribution in [3.63, 3.8) is 0 Å². The maximum absolute atomic E-state index is 12.4. The standard InChI is InChI=1S/C20H16N2O3S/c1-2-25-15-9-7-14(8-10-15)22-19(23)18(26-20(22)24)11-13-12-21-17-6-4-3-5-16(13)17/h3-12,23H,2H2,1H3. The molecule has 4 rings (SSSR count). The molecular weight excluding hydrogens is 348 g/mol. The molecule has 0 bridgehead atoms. The summed E-state index contributed by atoms with van der Waals surface area (Å²) in [6, 6.07) is 14.8. The Labute approximate surface area is 154 Å². The van der Waals surface area contributed by atoms with Gasteiger partial charge in [-0.3, -0.25) is 9.79 Å². The number of aromatic hydroxyl groups is 1. The van der Waals surface area contributed by atoms with E-state index in [-0.39, 0.29) is 10.8 Å². The molecule has 1 aliphatic rings. The van der Waals surface area contributed by atoms with Crippen molar-refractivity contribution in [2.24, 2.45) is 4.99 Å². The maximum Gasteiger partial charge on any atom is 0.315 e. The molecule has 130 valence electrons. The lowest BCUT2D eigenvalue weighted by Crippen LogP contribution is -2.09. The van der Waals surface area contributed by atoms with Crippen LogP contribution in [0, 0.1) is 0 Å². The van der Waals surface area contributed by atoms with Crippen molar-refractivity contribution in [1.29, 1.82) is 0 Å². The number of hydrogen-bond donors (Lipinski definition) is 1. The highest BCUT2D eigenvalue weighted by atomic mass is 32.1. The van der Waals surface area contributed by atoms with Crippen LogP contribution in [0.1, 0.15) is 17.4 Å². The molecule has 0 amide bonds. The third-order valence-corrected chi connectivity index (χ3v) is 4.94. The largest absolute Gasteiger partial charge is 0.494 e. The molecule has 0 atom stereocenters. The van der Waals surface area contributed by atoms with Gasteiger partial charge < -0.3 is 9.84 Å². The Bertz CT molecular complexity index is 1080. The summed E-state index contributed by atoms with van der Waals surface area (Å²) in [6.45, 7) is 2.48. The SMILES string of the molecule is CCOc1ccc(-n2c(O)c(C=C3C=Nc4ccccc43)sc2=O)cc1. The maximum atomic E-state index is 12.4.